The van der Waals surface area contributed by atoms with Crippen molar-refractivity contribution in [1.82, 2.24) is 0 Å². The third-order valence-corrected chi connectivity index (χ3v) is 9.84. The first kappa shape index (κ1) is 21.2. The van der Waals surface area contributed by atoms with E-state index in [0.717, 1.165) is 38.5 Å². The van der Waals surface area contributed by atoms with Crippen molar-refractivity contribution in [1.29, 1.82) is 0 Å². The number of hydrogen-bond acceptors (Lipinski definition) is 4. The first-order valence-corrected chi connectivity index (χ1v) is 11.6. The zero-order chi connectivity index (χ0) is 21.1. The SMILES string of the molecule is C[C@H](CCC(=O)O)[C@H]1CC[C@H]2[C@@H]3[C@H](O)C[C@@H]4C[C@H](O)CC[C@]4(C)[C@H]3C=C(O)[C@]12C. The Morgan fingerprint density at radius 2 is 1.93 bits per heavy atom. The Bertz CT molecular complexity index is 689. The molecule has 5 heteroatoms. The number of carboxylic acids is 1. The van der Waals surface area contributed by atoms with E-state index in [1.807, 2.05) is 0 Å². The van der Waals surface area contributed by atoms with Crippen LogP contribution in [-0.2, 0) is 4.79 Å². The van der Waals surface area contributed by atoms with Crippen LogP contribution in [0.1, 0.15) is 72.1 Å². The second kappa shape index (κ2) is 7.26. The molecule has 0 heterocycles. The standard InChI is InChI=1S/C24H38O5/c1-13(4-7-21(28)29)16-5-6-17-22-18(12-20(27)24(16,17)3)23(2)9-8-15(25)10-14(23)11-19(22)26/h12-19,22,25-27H,4-11H2,1-3H3,(H,28,29)/t13-,14+,15-,16-,17+,18+,19-,22+,23+,24-/m1/s1. The van der Waals surface area contributed by atoms with Gasteiger partial charge in [-0.15, -0.1) is 0 Å². The zero-order valence-electron chi connectivity index (χ0n) is 18.1. The Labute approximate surface area is 174 Å². The predicted octanol–water partition coefficient (Wildman–Crippen LogP) is 4.14. The largest absolute Gasteiger partial charge is 0.512 e. The lowest BCUT2D eigenvalue weighted by molar-refractivity contribution is -0.143. The molecule has 164 valence electrons. The summed E-state index contributed by atoms with van der Waals surface area (Å²) in [7, 11) is 0. The summed E-state index contributed by atoms with van der Waals surface area (Å²) in [5, 5.41) is 41.8. The number of rotatable bonds is 4. The van der Waals surface area contributed by atoms with Crippen molar-refractivity contribution in [2.75, 3.05) is 0 Å². The fraction of sp³-hybridized carbons (Fsp3) is 0.875. The molecule has 29 heavy (non-hydrogen) atoms. The molecule has 10 atom stereocenters. The molecule has 0 radical (unpaired) electrons. The van der Waals surface area contributed by atoms with Crippen LogP contribution in [0.25, 0.3) is 0 Å². The summed E-state index contributed by atoms with van der Waals surface area (Å²) in [4.78, 5) is 11.1. The summed E-state index contributed by atoms with van der Waals surface area (Å²) in [6, 6.07) is 0. The van der Waals surface area contributed by atoms with Crippen LogP contribution in [0.5, 0.6) is 0 Å². The van der Waals surface area contributed by atoms with Crippen LogP contribution in [0.4, 0.5) is 0 Å². The molecule has 0 amide bonds. The van der Waals surface area contributed by atoms with Crippen LogP contribution in [0.2, 0.25) is 0 Å². The molecule has 0 unspecified atom stereocenters. The number of aliphatic hydroxyl groups is 3. The number of carboxylic acid groups (broad SMARTS) is 1. The molecule has 4 aliphatic carbocycles. The number of fused-ring (bicyclic) bond motifs is 5. The first-order chi connectivity index (χ1) is 13.6. The van der Waals surface area contributed by atoms with E-state index < -0.39 is 12.1 Å². The number of aliphatic hydroxyl groups excluding tert-OH is 3. The van der Waals surface area contributed by atoms with Gasteiger partial charge in [0.1, 0.15) is 0 Å². The molecular formula is C24H38O5. The summed E-state index contributed by atoms with van der Waals surface area (Å²) >= 11 is 0. The maximum Gasteiger partial charge on any atom is 0.303 e. The molecule has 4 aliphatic rings. The maximum atomic E-state index is 11.3. The number of aliphatic carboxylic acids is 1. The third kappa shape index (κ3) is 3.15. The summed E-state index contributed by atoms with van der Waals surface area (Å²) in [5.41, 5.74) is -0.358. The molecule has 0 aromatic heterocycles. The van der Waals surface area contributed by atoms with Crippen molar-refractivity contribution in [3.63, 3.8) is 0 Å². The van der Waals surface area contributed by atoms with Gasteiger partial charge in [0.05, 0.1) is 18.0 Å². The Morgan fingerprint density at radius 3 is 2.62 bits per heavy atom. The summed E-state index contributed by atoms with van der Waals surface area (Å²) in [6.45, 7) is 6.58. The molecule has 0 saturated heterocycles. The van der Waals surface area contributed by atoms with Crippen LogP contribution in [0.15, 0.2) is 11.8 Å². The minimum absolute atomic E-state index is 0.0193. The van der Waals surface area contributed by atoms with E-state index in [-0.39, 0.29) is 52.9 Å². The van der Waals surface area contributed by atoms with Crippen molar-refractivity contribution in [3.8, 4) is 0 Å². The average molecular weight is 407 g/mol. The Hall–Kier alpha value is -1.07. The van der Waals surface area contributed by atoms with Crippen LogP contribution in [-0.4, -0.2) is 38.6 Å². The van der Waals surface area contributed by atoms with Gasteiger partial charge in [-0.25, -0.2) is 0 Å². The lowest BCUT2D eigenvalue weighted by Gasteiger charge is -2.60. The molecule has 0 aliphatic heterocycles. The van der Waals surface area contributed by atoms with E-state index in [4.69, 9.17) is 5.11 Å². The van der Waals surface area contributed by atoms with Gasteiger partial charge in [0, 0.05) is 11.8 Å². The lowest BCUT2D eigenvalue weighted by Crippen LogP contribution is -2.58. The van der Waals surface area contributed by atoms with Crippen molar-refractivity contribution >= 4 is 5.97 Å². The van der Waals surface area contributed by atoms with Crippen LogP contribution in [0, 0.1) is 46.3 Å². The van der Waals surface area contributed by atoms with Crippen LogP contribution in [0.3, 0.4) is 0 Å². The van der Waals surface area contributed by atoms with Gasteiger partial charge >= 0.3 is 5.97 Å². The normalized spacial score (nSPS) is 50.1. The highest BCUT2D eigenvalue weighted by Crippen LogP contribution is 2.67. The topological polar surface area (TPSA) is 98.0 Å². The molecule has 0 aromatic carbocycles. The minimum Gasteiger partial charge on any atom is -0.512 e. The fourth-order valence-electron chi connectivity index (χ4n) is 8.13. The molecule has 4 rings (SSSR count). The maximum absolute atomic E-state index is 11.3. The van der Waals surface area contributed by atoms with E-state index in [1.165, 1.54) is 0 Å². The number of hydrogen-bond donors (Lipinski definition) is 4. The highest BCUT2D eigenvalue weighted by Gasteiger charge is 2.63. The molecule has 0 spiro atoms. The van der Waals surface area contributed by atoms with Gasteiger partial charge in [0.25, 0.3) is 0 Å². The van der Waals surface area contributed by atoms with Gasteiger partial charge in [0.15, 0.2) is 0 Å². The second-order valence-electron chi connectivity index (χ2n) is 11.1. The molecular weight excluding hydrogens is 368 g/mol. The highest BCUT2D eigenvalue weighted by atomic mass is 16.4. The molecule has 4 N–H and O–H groups in total. The fourth-order valence-corrected chi connectivity index (χ4v) is 8.13. The smallest absolute Gasteiger partial charge is 0.303 e. The van der Waals surface area contributed by atoms with Gasteiger partial charge in [-0.2, -0.15) is 0 Å². The molecule has 0 aromatic rings. The monoisotopic (exact) mass is 406 g/mol. The van der Waals surface area contributed by atoms with E-state index in [1.54, 1.807) is 0 Å². The summed E-state index contributed by atoms with van der Waals surface area (Å²) < 4.78 is 0. The van der Waals surface area contributed by atoms with Crippen molar-refractivity contribution in [3.05, 3.63) is 11.8 Å². The van der Waals surface area contributed by atoms with Gasteiger partial charge in [0.2, 0.25) is 0 Å². The van der Waals surface area contributed by atoms with Crippen LogP contribution >= 0.6 is 0 Å². The Balaban J connectivity index is 1.66. The number of carbonyl (C=O) groups is 1. The molecule has 0 bridgehead atoms. The quantitative estimate of drug-likeness (QED) is 0.562. The van der Waals surface area contributed by atoms with Gasteiger partial charge in [-0.05, 0) is 91.9 Å². The highest BCUT2D eigenvalue weighted by molar-refractivity contribution is 5.66. The second-order valence-corrected chi connectivity index (χ2v) is 11.1. The van der Waals surface area contributed by atoms with E-state index >= 15 is 0 Å². The van der Waals surface area contributed by atoms with Crippen molar-refractivity contribution in [2.24, 2.45) is 46.3 Å². The zero-order valence-corrected chi connectivity index (χ0v) is 18.1. The summed E-state index contributed by atoms with van der Waals surface area (Å²) in [6.07, 6.45) is 7.40. The minimum atomic E-state index is -0.763. The van der Waals surface area contributed by atoms with Gasteiger partial charge < -0.3 is 20.4 Å². The predicted molar refractivity (Wildman–Crippen MR) is 110 cm³/mol. The van der Waals surface area contributed by atoms with Gasteiger partial charge in [-0.1, -0.05) is 20.8 Å². The van der Waals surface area contributed by atoms with Crippen molar-refractivity contribution in [2.45, 2.75) is 84.3 Å². The van der Waals surface area contributed by atoms with E-state index in [0.29, 0.717) is 18.1 Å². The van der Waals surface area contributed by atoms with Gasteiger partial charge in [-0.3, -0.25) is 4.79 Å². The van der Waals surface area contributed by atoms with Crippen LogP contribution < -0.4 is 0 Å². The first-order valence-electron chi connectivity index (χ1n) is 11.6. The van der Waals surface area contributed by atoms with E-state index in [2.05, 4.69) is 26.8 Å². The lowest BCUT2D eigenvalue weighted by atomic mass is 9.45. The number of allylic oxidation sites excluding steroid dienone is 2. The summed E-state index contributed by atoms with van der Waals surface area (Å²) in [5.74, 6) is 0.989. The third-order valence-electron chi connectivity index (χ3n) is 9.84. The molecule has 3 saturated carbocycles. The van der Waals surface area contributed by atoms with Crippen molar-refractivity contribution < 1.29 is 25.2 Å². The Kier molecular flexibility index (Phi) is 5.30. The molecule has 5 nitrogen and oxygen atoms in total. The Morgan fingerprint density at radius 1 is 1.21 bits per heavy atom. The average Bonchev–Trinajstić information content (AvgIpc) is 3.01. The molecule has 3 fully saturated rings. The van der Waals surface area contributed by atoms with E-state index in [9.17, 15) is 20.1 Å².